The number of methoxy groups -OCH3 is 1. The fourth-order valence-electron chi connectivity index (χ4n) is 2.37. The van der Waals surface area contributed by atoms with Gasteiger partial charge in [-0.1, -0.05) is 31.5 Å². The van der Waals surface area contributed by atoms with Crippen molar-refractivity contribution in [3.05, 3.63) is 59.4 Å². The summed E-state index contributed by atoms with van der Waals surface area (Å²) in [6, 6.07) is 11.6. The molecule has 0 unspecified atom stereocenters. The second-order valence-corrected chi connectivity index (χ2v) is 5.66. The van der Waals surface area contributed by atoms with Gasteiger partial charge in [0.2, 0.25) is 0 Å². The number of rotatable bonds is 9. The highest BCUT2D eigenvalue weighted by Crippen LogP contribution is 2.28. The van der Waals surface area contributed by atoms with Gasteiger partial charge in [0.25, 0.3) is 5.91 Å². The van der Waals surface area contributed by atoms with E-state index in [1.807, 2.05) is 0 Å². The van der Waals surface area contributed by atoms with Gasteiger partial charge >= 0.3 is 0 Å². The third kappa shape index (κ3) is 5.48. The third-order valence-electron chi connectivity index (χ3n) is 3.82. The molecule has 0 aromatic heterocycles. The molecule has 25 heavy (non-hydrogen) atoms. The zero-order valence-electron chi connectivity index (χ0n) is 14.7. The Bertz CT molecular complexity index is 703. The summed E-state index contributed by atoms with van der Waals surface area (Å²) in [4.78, 5) is 12.3. The minimum Gasteiger partial charge on any atom is -0.493 e. The van der Waals surface area contributed by atoms with Crippen LogP contribution >= 0.6 is 0 Å². The molecule has 2 rings (SSSR count). The number of ether oxygens (including phenoxy) is 2. The molecule has 0 radical (unpaired) electrons. The number of benzene rings is 2. The first-order chi connectivity index (χ1) is 12.2. The van der Waals surface area contributed by atoms with E-state index in [1.54, 1.807) is 43.5 Å². The maximum atomic E-state index is 13.6. The first kappa shape index (κ1) is 18.8. The first-order valence-corrected chi connectivity index (χ1v) is 8.48. The Labute approximate surface area is 148 Å². The number of halogens is 1. The number of carbonyl (C=O) groups is 1. The second kappa shape index (κ2) is 9.67. The molecule has 0 aliphatic rings. The van der Waals surface area contributed by atoms with Crippen LogP contribution in [0.5, 0.6) is 11.5 Å². The Morgan fingerprint density at radius 2 is 1.96 bits per heavy atom. The quantitative estimate of drug-likeness (QED) is 0.699. The van der Waals surface area contributed by atoms with E-state index in [0.717, 1.165) is 12.8 Å². The summed E-state index contributed by atoms with van der Waals surface area (Å²) < 4.78 is 24.5. The van der Waals surface area contributed by atoms with Gasteiger partial charge in [-0.15, -0.1) is 0 Å². The van der Waals surface area contributed by atoms with Gasteiger partial charge in [0.1, 0.15) is 5.82 Å². The zero-order valence-corrected chi connectivity index (χ0v) is 14.7. The molecular weight excluding hydrogens is 321 g/mol. The Morgan fingerprint density at radius 3 is 2.68 bits per heavy atom. The van der Waals surface area contributed by atoms with Gasteiger partial charge in [-0.05, 0) is 42.7 Å². The summed E-state index contributed by atoms with van der Waals surface area (Å²) >= 11 is 0. The third-order valence-corrected chi connectivity index (χ3v) is 3.82. The van der Waals surface area contributed by atoms with Crippen molar-refractivity contribution in [2.45, 2.75) is 26.2 Å². The summed E-state index contributed by atoms with van der Waals surface area (Å²) in [5.74, 6) is 0.665. The molecule has 2 aromatic rings. The molecule has 0 fully saturated rings. The van der Waals surface area contributed by atoms with Gasteiger partial charge in [0, 0.05) is 12.1 Å². The minimum atomic E-state index is -0.257. The van der Waals surface area contributed by atoms with Crippen LogP contribution in [0.3, 0.4) is 0 Å². The first-order valence-electron chi connectivity index (χ1n) is 8.48. The van der Waals surface area contributed by atoms with Crippen LogP contribution in [0.25, 0.3) is 0 Å². The molecule has 0 spiro atoms. The van der Waals surface area contributed by atoms with Crippen molar-refractivity contribution in [1.29, 1.82) is 0 Å². The fraction of sp³-hybridized carbons (Fsp3) is 0.350. The van der Waals surface area contributed by atoms with E-state index < -0.39 is 0 Å². The number of unbranched alkanes of at least 4 members (excludes halogenated alkanes) is 1. The van der Waals surface area contributed by atoms with Crippen LogP contribution < -0.4 is 14.8 Å². The molecule has 0 heterocycles. The predicted octanol–water partition coefficient (Wildman–Crippen LogP) is 3.99. The maximum absolute atomic E-state index is 13.6. The Hall–Kier alpha value is -2.56. The van der Waals surface area contributed by atoms with Crippen molar-refractivity contribution in [2.75, 3.05) is 20.3 Å². The SMILES string of the molecule is CCCCOc1ccc(C(=O)NCCc2ccccc2F)cc1OC. The van der Waals surface area contributed by atoms with Gasteiger partial charge in [-0.25, -0.2) is 4.39 Å². The summed E-state index contributed by atoms with van der Waals surface area (Å²) in [7, 11) is 1.54. The number of nitrogens with one attached hydrogen (secondary N) is 1. The zero-order chi connectivity index (χ0) is 18.1. The topological polar surface area (TPSA) is 47.6 Å². The van der Waals surface area contributed by atoms with Gasteiger partial charge in [-0.3, -0.25) is 4.79 Å². The minimum absolute atomic E-state index is 0.227. The van der Waals surface area contributed by atoms with Crippen molar-refractivity contribution in [2.24, 2.45) is 0 Å². The van der Waals surface area contributed by atoms with Crippen molar-refractivity contribution in [3.63, 3.8) is 0 Å². The van der Waals surface area contributed by atoms with Crippen LogP contribution in [0.1, 0.15) is 35.7 Å². The molecule has 0 saturated carbocycles. The molecule has 1 N–H and O–H groups in total. The van der Waals surface area contributed by atoms with Gasteiger partial charge in [0.05, 0.1) is 13.7 Å². The number of amides is 1. The van der Waals surface area contributed by atoms with Gasteiger partial charge in [-0.2, -0.15) is 0 Å². The second-order valence-electron chi connectivity index (χ2n) is 5.66. The molecule has 0 bridgehead atoms. The van der Waals surface area contributed by atoms with E-state index in [-0.39, 0.29) is 11.7 Å². The highest BCUT2D eigenvalue weighted by Gasteiger charge is 2.11. The Balaban J connectivity index is 1.93. The van der Waals surface area contributed by atoms with E-state index in [0.29, 0.717) is 42.2 Å². The van der Waals surface area contributed by atoms with Gasteiger partial charge < -0.3 is 14.8 Å². The molecule has 5 heteroatoms. The number of hydrogen-bond acceptors (Lipinski definition) is 3. The van der Waals surface area contributed by atoms with Crippen LogP contribution in [0.4, 0.5) is 4.39 Å². The summed E-state index contributed by atoms with van der Waals surface area (Å²) in [5, 5.41) is 2.80. The van der Waals surface area contributed by atoms with Crippen molar-refractivity contribution in [3.8, 4) is 11.5 Å². The van der Waals surface area contributed by atoms with Crippen molar-refractivity contribution < 1.29 is 18.7 Å². The monoisotopic (exact) mass is 345 g/mol. The molecule has 0 aliphatic carbocycles. The van der Waals surface area contributed by atoms with E-state index >= 15 is 0 Å². The summed E-state index contributed by atoms with van der Waals surface area (Å²) in [5.41, 5.74) is 1.06. The highest BCUT2D eigenvalue weighted by molar-refractivity contribution is 5.94. The van der Waals surface area contributed by atoms with Crippen LogP contribution in [0, 0.1) is 5.82 Å². The van der Waals surface area contributed by atoms with Crippen LogP contribution in [0.2, 0.25) is 0 Å². The van der Waals surface area contributed by atoms with Crippen molar-refractivity contribution >= 4 is 5.91 Å². The highest BCUT2D eigenvalue weighted by atomic mass is 19.1. The molecule has 1 amide bonds. The largest absolute Gasteiger partial charge is 0.493 e. The van der Waals surface area contributed by atoms with E-state index in [1.165, 1.54) is 6.07 Å². The van der Waals surface area contributed by atoms with Crippen LogP contribution in [-0.4, -0.2) is 26.2 Å². The maximum Gasteiger partial charge on any atom is 0.251 e. The van der Waals surface area contributed by atoms with Crippen LogP contribution in [-0.2, 0) is 6.42 Å². The lowest BCUT2D eigenvalue weighted by Crippen LogP contribution is -2.25. The molecule has 0 saturated heterocycles. The number of carbonyl (C=O) groups excluding carboxylic acids is 1. The predicted molar refractivity (Wildman–Crippen MR) is 95.8 cm³/mol. The van der Waals surface area contributed by atoms with E-state index in [4.69, 9.17) is 9.47 Å². The lowest BCUT2D eigenvalue weighted by atomic mass is 10.1. The standard InChI is InChI=1S/C20H24FNO3/c1-3-4-13-25-18-10-9-16(14-19(18)24-2)20(23)22-12-11-15-7-5-6-8-17(15)21/h5-10,14H,3-4,11-13H2,1-2H3,(H,22,23). The summed E-state index contributed by atoms with van der Waals surface area (Å²) in [6.07, 6.45) is 2.44. The molecule has 0 atom stereocenters. The lowest BCUT2D eigenvalue weighted by molar-refractivity contribution is 0.0953. The smallest absolute Gasteiger partial charge is 0.251 e. The molecule has 0 aliphatic heterocycles. The average Bonchev–Trinajstić information content (AvgIpc) is 2.63. The van der Waals surface area contributed by atoms with Crippen molar-refractivity contribution in [1.82, 2.24) is 5.32 Å². The normalized spacial score (nSPS) is 10.4. The molecule has 4 nitrogen and oxygen atoms in total. The molecule has 2 aromatic carbocycles. The number of hydrogen-bond donors (Lipinski definition) is 1. The molecule has 134 valence electrons. The van der Waals surface area contributed by atoms with Crippen LogP contribution in [0.15, 0.2) is 42.5 Å². The Kier molecular flexibility index (Phi) is 7.26. The Morgan fingerprint density at radius 1 is 1.16 bits per heavy atom. The van der Waals surface area contributed by atoms with E-state index in [9.17, 15) is 9.18 Å². The molecular formula is C20H24FNO3. The van der Waals surface area contributed by atoms with Gasteiger partial charge in [0.15, 0.2) is 11.5 Å². The van der Waals surface area contributed by atoms with E-state index in [2.05, 4.69) is 12.2 Å². The lowest BCUT2D eigenvalue weighted by Gasteiger charge is -2.12. The fourth-order valence-corrected chi connectivity index (χ4v) is 2.37. The average molecular weight is 345 g/mol. The summed E-state index contributed by atoms with van der Waals surface area (Å²) in [6.45, 7) is 3.06.